The van der Waals surface area contributed by atoms with Crippen molar-refractivity contribution in [3.8, 4) is 0 Å². The van der Waals surface area contributed by atoms with Crippen LogP contribution in [0.3, 0.4) is 0 Å². The molecule has 0 saturated carbocycles. The maximum Gasteiger partial charge on any atom is 0 e. The van der Waals surface area contributed by atoms with Crippen LogP contribution < -0.4 is 0 Å². The Kier molecular flexibility index (Phi) is 18.9. The summed E-state index contributed by atoms with van der Waals surface area (Å²) < 4.78 is 0. The van der Waals surface area contributed by atoms with E-state index < -0.39 is 0 Å². The SMILES string of the molecule is Br.Br.Br.[Hf].[c-]1ccccc1.c1ccc2[cH-]ccc2c1. The number of hydrogen-bond donors (Lipinski definition) is 0. The molecule has 0 aliphatic rings. The summed E-state index contributed by atoms with van der Waals surface area (Å²) in [4.78, 5) is 0. The average molecular weight is 613 g/mol. The van der Waals surface area contributed by atoms with Gasteiger partial charge in [-0.05, 0) is 0 Å². The van der Waals surface area contributed by atoms with Gasteiger partial charge in [-0.1, -0.05) is 6.07 Å². The Morgan fingerprint density at radius 1 is 0.737 bits per heavy atom. The van der Waals surface area contributed by atoms with Crippen molar-refractivity contribution in [2.45, 2.75) is 0 Å². The molecular weight excluding hydrogens is 598 g/mol. The van der Waals surface area contributed by atoms with Gasteiger partial charge in [0.1, 0.15) is 0 Å². The van der Waals surface area contributed by atoms with Gasteiger partial charge in [0.05, 0.1) is 0 Å². The van der Waals surface area contributed by atoms with Gasteiger partial charge in [-0.25, -0.2) is 0 Å². The van der Waals surface area contributed by atoms with Crippen LogP contribution in [0.1, 0.15) is 0 Å². The summed E-state index contributed by atoms with van der Waals surface area (Å²) >= 11 is 0. The van der Waals surface area contributed by atoms with Crippen LogP contribution in [0.15, 0.2) is 72.8 Å². The molecule has 0 nitrogen and oxygen atoms in total. The first-order valence-corrected chi connectivity index (χ1v) is 4.98. The summed E-state index contributed by atoms with van der Waals surface area (Å²) in [5, 5.41) is 2.66. The van der Waals surface area contributed by atoms with Crippen LogP contribution in [0.25, 0.3) is 10.8 Å². The Morgan fingerprint density at radius 3 is 1.84 bits per heavy atom. The second-order valence-electron chi connectivity index (χ2n) is 3.23. The van der Waals surface area contributed by atoms with E-state index in [2.05, 4.69) is 48.5 Å². The van der Waals surface area contributed by atoms with Crippen molar-refractivity contribution in [2.24, 2.45) is 0 Å². The molecule has 0 radical (unpaired) electrons. The van der Waals surface area contributed by atoms with Gasteiger partial charge in [-0.15, -0.1) is 80.6 Å². The van der Waals surface area contributed by atoms with Crippen LogP contribution in [-0.4, -0.2) is 0 Å². The molecule has 19 heavy (non-hydrogen) atoms. The zero-order valence-electron chi connectivity index (χ0n) is 10.2. The van der Waals surface area contributed by atoms with E-state index in [1.807, 2.05) is 30.3 Å². The van der Waals surface area contributed by atoms with Crippen LogP contribution in [-0.2, 0) is 25.8 Å². The minimum atomic E-state index is 0. The van der Waals surface area contributed by atoms with E-state index in [0.717, 1.165) is 0 Å². The quantitative estimate of drug-likeness (QED) is 0.223. The molecule has 4 heteroatoms. The molecule has 102 valence electrons. The van der Waals surface area contributed by atoms with E-state index in [1.54, 1.807) is 0 Å². The molecule has 0 atom stereocenters. The largest absolute Gasteiger partial charge is 0.184 e. The fourth-order valence-corrected chi connectivity index (χ4v) is 1.41. The molecule has 0 bridgehead atoms. The number of benzene rings is 2. The third-order valence-corrected chi connectivity index (χ3v) is 2.15. The summed E-state index contributed by atoms with van der Waals surface area (Å²) in [6.45, 7) is 0. The monoisotopic (exact) mass is 612 g/mol. The first-order chi connectivity index (χ1) is 7.47. The van der Waals surface area contributed by atoms with Gasteiger partial charge in [0, 0.05) is 25.8 Å². The summed E-state index contributed by atoms with van der Waals surface area (Å²) in [5.41, 5.74) is 0. The maximum atomic E-state index is 2.89. The molecule has 0 aliphatic carbocycles. The Morgan fingerprint density at radius 2 is 1.37 bits per heavy atom. The average Bonchev–Trinajstić information content (AvgIpc) is 2.80. The van der Waals surface area contributed by atoms with Crippen molar-refractivity contribution in [1.29, 1.82) is 0 Å². The normalized spacial score (nSPS) is 7.37. The van der Waals surface area contributed by atoms with Gasteiger partial charge in [-0.2, -0.15) is 53.9 Å². The van der Waals surface area contributed by atoms with Crippen LogP contribution in [0.2, 0.25) is 0 Å². The standard InChI is InChI=1S/C9H7.C6H5.3BrH.Hf/c1-2-5-9-7-3-6-8(9)4-1;1-2-4-6-5-3-1;;;;/h1-7H;1-5H;3*1H;/q2*-1;;;;. The predicted molar refractivity (Wildman–Crippen MR) is 95.8 cm³/mol. The first kappa shape index (κ1) is 24.4. The van der Waals surface area contributed by atoms with Crippen molar-refractivity contribution >= 4 is 61.7 Å². The summed E-state index contributed by atoms with van der Waals surface area (Å²) in [7, 11) is 0. The molecule has 3 aromatic carbocycles. The number of halogens is 3. The zero-order chi connectivity index (χ0) is 10.3. The summed E-state index contributed by atoms with van der Waals surface area (Å²) in [6, 6.07) is 27.2. The number of rotatable bonds is 0. The molecule has 0 saturated heterocycles. The minimum Gasteiger partial charge on any atom is -0.184 e. The maximum absolute atomic E-state index is 2.89. The summed E-state index contributed by atoms with van der Waals surface area (Å²) in [5.74, 6) is 0. The molecule has 3 aromatic rings. The van der Waals surface area contributed by atoms with E-state index in [9.17, 15) is 0 Å². The Hall–Kier alpha value is 0.360. The van der Waals surface area contributed by atoms with Gasteiger partial charge in [0.15, 0.2) is 0 Å². The third-order valence-electron chi connectivity index (χ3n) is 2.15. The van der Waals surface area contributed by atoms with E-state index >= 15 is 0 Å². The van der Waals surface area contributed by atoms with Crippen molar-refractivity contribution in [3.63, 3.8) is 0 Å². The molecule has 3 rings (SSSR count). The van der Waals surface area contributed by atoms with Gasteiger partial charge in [-0.3, -0.25) is 0 Å². The van der Waals surface area contributed by atoms with Crippen LogP contribution in [0.5, 0.6) is 0 Å². The fourth-order valence-electron chi connectivity index (χ4n) is 1.41. The topological polar surface area (TPSA) is 0 Å². The molecule has 0 unspecified atom stereocenters. The molecule has 0 N–H and O–H groups in total. The summed E-state index contributed by atoms with van der Waals surface area (Å²) in [6.07, 6.45) is 0. The van der Waals surface area contributed by atoms with Crippen molar-refractivity contribution < 1.29 is 25.8 Å². The smallest absolute Gasteiger partial charge is 0 e. The molecule has 0 spiro atoms. The van der Waals surface area contributed by atoms with E-state index in [1.165, 1.54) is 10.8 Å². The molecule has 0 heterocycles. The molecule has 0 aromatic heterocycles. The van der Waals surface area contributed by atoms with Gasteiger partial charge < -0.3 is 0 Å². The third kappa shape index (κ3) is 9.01. The van der Waals surface area contributed by atoms with Gasteiger partial charge in [0.2, 0.25) is 0 Å². The second kappa shape index (κ2) is 14.8. The number of hydrogen-bond acceptors (Lipinski definition) is 0. The molecule has 0 fully saturated rings. The van der Waals surface area contributed by atoms with Crippen LogP contribution >= 0.6 is 50.9 Å². The zero-order valence-corrected chi connectivity index (χ0v) is 18.9. The Bertz CT molecular complexity index is 452. The first-order valence-electron chi connectivity index (χ1n) is 4.98. The van der Waals surface area contributed by atoms with Crippen molar-refractivity contribution in [3.05, 3.63) is 78.9 Å². The fraction of sp³-hybridized carbons (Fsp3) is 0. The van der Waals surface area contributed by atoms with E-state index in [4.69, 9.17) is 0 Å². The van der Waals surface area contributed by atoms with Crippen molar-refractivity contribution in [2.75, 3.05) is 0 Å². The van der Waals surface area contributed by atoms with Crippen molar-refractivity contribution in [1.82, 2.24) is 0 Å². The Balaban J connectivity index is -0.000000234. The van der Waals surface area contributed by atoms with Gasteiger partial charge in [0.25, 0.3) is 0 Å². The van der Waals surface area contributed by atoms with Crippen LogP contribution in [0, 0.1) is 6.07 Å². The molecular formula is C15H15Br3Hf-2. The minimum absolute atomic E-state index is 0. The number of fused-ring (bicyclic) bond motifs is 1. The predicted octanol–water partition coefficient (Wildman–Crippen LogP) is 5.78. The Labute approximate surface area is 165 Å². The molecule has 0 aliphatic heterocycles. The van der Waals surface area contributed by atoms with E-state index in [0.29, 0.717) is 0 Å². The van der Waals surface area contributed by atoms with E-state index in [-0.39, 0.29) is 76.8 Å². The van der Waals surface area contributed by atoms with Crippen LogP contribution in [0.4, 0.5) is 0 Å². The second-order valence-corrected chi connectivity index (χ2v) is 3.23. The van der Waals surface area contributed by atoms with Gasteiger partial charge >= 0.3 is 0 Å². The molecule has 0 amide bonds.